The van der Waals surface area contributed by atoms with Gasteiger partial charge in [0.25, 0.3) is 5.91 Å². The van der Waals surface area contributed by atoms with Gasteiger partial charge in [-0.3, -0.25) is 19.3 Å². The van der Waals surface area contributed by atoms with Gasteiger partial charge in [0.1, 0.15) is 29.8 Å². The number of carbonyl (C=O) groups excluding carboxylic acids is 3. The zero-order chi connectivity index (χ0) is 29.1. The number of morpholine rings is 1. The molecule has 0 spiro atoms. The lowest BCUT2D eigenvalue weighted by Crippen LogP contribution is -2.45. The predicted molar refractivity (Wildman–Crippen MR) is 141 cm³/mol. The van der Waals surface area contributed by atoms with Crippen LogP contribution in [-0.2, 0) is 38.8 Å². The van der Waals surface area contributed by atoms with Crippen molar-refractivity contribution in [2.75, 3.05) is 26.3 Å². The van der Waals surface area contributed by atoms with E-state index in [0.29, 0.717) is 36.6 Å². The number of primary amides is 1. The molecule has 4 rings (SSSR count). The summed E-state index contributed by atoms with van der Waals surface area (Å²) < 4.78 is 40.1. The second-order valence-corrected chi connectivity index (χ2v) is 10.7. The summed E-state index contributed by atoms with van der Waals surface area (Å²) >= 11 is 0. The molecule has 210 valence electrons. The molecule has 9 nitrogen and oxygen atoms in total. The first kappa shape index (κ1) is 27.1. The van der Waals surface area contributed by atoms with Crippen molar-refractivity contribution < 1.29 is 34.4 Å². The Kier molecular flexibility index (Phi) is 8.42. The number of benzene rings is 2. The van der Waals surface area contributed by atoms with Crippen LogP contribution in [0.15, 0.2) is 36.4 Å². The van der Waals surface area contributed by atoms with E-state index in [0.717, 1.165) is 23.6 Å². The Balaban J connectivity index is 1.48. The highest BCUT2D eigenvalue weighted by molar-refractivity contribution is 6.01. The van der Waals surface area contributed by atoms with Gasteiger partial charge in [0.2, 0.25) is 5.91 Å². The smallest absolute Gasteiger partial charge is 0.306 e. The zero-order valence-corrected chi connectivity index (χ0v) is 22.6. The minimum absolute atomic E-state index is 0.0755. The number of nitrogens with zero attached hydrogens (tertiary/aromatic N) is 2. The second-order valence-electron chi connectivity index (χ2n) is 10.7. The van der Waals surface area contributed by atoms with E-state index in [1.54, 1.807) is 51.1 Å². The molecule has 2 aliphatic rings. The summed E-state index contributed by atoms with van der Waals surface area (Å²) in [6.07, 6.45) is -0.596. The van der Waals surface area contributed by atoms with Crippen LogP contribution in [0.25, 0.3) is 0 Å². The van der Waals surface area contributed by atoms with E-state index in [1.165, 1.54) is 6.07 Å². The maximum Gasteiger partial charge on any atom is 0.306 e. The van der Waals surface area contributed by atoms with Crippen LogP contribution in [0.2, 0.25) is 0 Å². The molecule has 0 aromatic heterocycles. The van der Waals surface area contributed by atoms with Crippen LogP contribution in [0.1, 0.15) is 62.0 Å². The number of nitrogens with two attached hydrogens (primary N) is 1. The highest BCUT2D eigenvalue weighted by Gasteiger charge is 2.37. The molecule has 1 saturated heterocycles. The summed E-state index contributed by atoms with van der Waals surface area (Å²) in [5, 5.41) is 0. The third-order valence-corrected chi connectivity index (χ3v) is 6.52. The fraction of sp³-hybridized carbons (Fsp3) is 0.483. The lowest BCUT2D eigenvalue weighted by atomic mass is 10.1. The van der Waals surface area contributed by atoms with Gasteiger partial charge in [0.15, 0.2) is 0 Å². The molecule has 1 fully saturated rings. The van der Waals surface area contributed by atoms with Crippen LogP contribution in [0.3, 0.4) is 0 Å². The Bertz CT molecular complexity index is 1280. The molecule has 2 aromatic carbocycles. The summed E-state index contributed by atoms with van der Waals surface area (Å²) in [5.41, 5.74) is 6.89. The van der Waals surface area contributed by atoms with Gasteiger partial charge < -0.3 is 24.8 Å². The first-order valence-electron chi connectivity index (χ1n) is 13.5. The fourth-order valence-electron chi connectivity index (χ4n) is 4.67. The van der Waals surface area contributed by atoms with Crippen LogP contribution in [0.5, 0.6) is 5.75 Å². The Morgan fingerprint density at radius 2 is 1.95 bits per heavy atom. The standard InChI is InChI=1S/C29H36FN3O6/c1-29(2,3)39-26(34)10-9-24(27(31)35)33-17-22-21(28(33)36)5-4-6-25(22)38-18-20-15-19(7-8-23(20)30)16-32-11-13-37-14-12-32/h4-8,15,24H,9-14,16-18H2,1-3H3,(H2,31,35)/t24-/m1/s1/i24D. The number of amides is 2. The van der Waals surface area contributed by atoms with Gasteiger partial charge in [-0.25, -0.2) is 4.39 Å². The summed E-state index contributed by atoms with van der Waals surface area (Å²) in [4.78, 5) is 41.2. The van der Waals surface area contributed by atoms with E-state index in [9.17, 15) is 18.8 Å². The zero-order valence-electron chi connectivity index (χ0n) is 23.6. The van der Waals surface area contributed by atoms with Gasteiger partial charge in [-0.15, -0.1) is 0 Å². The molecule has 39 heavy (non-hydrogen) atoms. The maximum absolute atomic E-state index is 14.7. The first-order valence-corrected chi connectivity index (χ1v) is 13.0. The molecule has 2 N–H and O–H groups in total. The maximum atomic E-state index is 14.7. The van der Waals surface area contributed by atoms with Crippen LogP contribution < -0.4 is 10.5 Å². The number of fused-ring (bicyclic) bond motifs is 1. The average molecular weight is 543 g/mol. The number of hydrogen-bond donors (Lipinski definition) is 1. The highest BCUT2D eigenvalue weighted by Crippen LogP contribution is 2.33. The average Bonchev–Trinajstić information content (AvgIpc) is 3.24. The van der Waals surface area contributed by atoms with Crippen molar-refractivity contribution in [3.8, 4) is 5.75 Å². The third kappa shape index (κ3) is 7.33. The molecule has 0 unspecified atom stereocenters. The minimum Gasteiger partial charge on any atom is -0.488 e. The van der Waals surface area contributed by atoms with Gasteiger partial charge in [-0.05, 0) is 57.0 Å². The van der Waals surface area contributed by atoms with Gasteiger partial charge in [-0.2, -0.15) is 0 Å². The fourth-order valence-corrected chi connectivity index (χ4v) is 4.67. The van der Waals surface area contributed by atoms with Crippen LogP contribution in [0.4, 0.5) is 4.39 Å². The van der Waals surface area contributed by atoms with E-state index >= 15 is 0 Å². The van der Waals surface area contributed by atoms with Gasteiger partial charge >= 0.3 is 5.97 Å². The van der Waals surface area contributed by atoms with E-state index in [1.807, 2.05) is 0 Å². The number of esters is 1. The van der Waals surface area contributed by atoms with Crippen LogP contribution in [-0.4, -0.2) is 65.5 Å². The Morgan fingerprint density at radius 3 is 2.64 bits per heavy atom. The third-order valence-electron chi connectivity index (χ3n) is 6.52. The molecule has 0 radical (unpaired) electrons. The second kappa shape index (κ2) is 12.1. The van der Waals surface area contributed by atoms with E-state index < -0.39 is 35.2 Å². The van der Waals surface area contributed by atoms with Gasteiger partial charge in [0.05, 0.1) is 21.1 Å². The summed E-state index contributed by atoms with van der Waals surface area (Å²) in [5.74, 6) is -2.30. The lowest BCUT2D eigenvalue weighted by Gasteiger charge is -2.26. The van der Waals surface area contributed by atoms with Gasteiger partial charge in [-0.1, -0.05) is 12.1 Å². The van der Waals surface area contributed by atoms with Crippen molar-refractivity contribution in [3.05, 3.63) is 64.5 Å². The number of halogens is 1. The van der Waals surface area contributed by atoms with Crippen LogP contribution >= 0.6 is 0 Å². The van der Waals surface area contributed by atoms with Crippen molar-refractivity contribution in [2.45, 2.75) is 64.9 Å². The SMILES string of the molecule is [2H][C@@](CCC(=O)OC(C)(C)C)(C(N)=O)N1Cc2c(OCc3cc(CN4CCOCC4)ccc3F)cccc2C1=O. The highest BCUT2D eigenvalue weighted by atomic mass is 19.1. The molecular weight excluding hydrogens is 505 g/mol. The summed E-state index contributed by atoms with van der Waals surface area (Å²) in [7, 11) is 0. The molecule has 2 heterocycles. The Hall–Kier alpha value is -3.50. The summed E-state index contributed by atoms with van der Waals surface area (Å²) in [6, 6.07) is 7.61. The van der Waals surface area contributed by atoms with Crippen molar-refractivity contribution in [1.82, 2.24) is 9.80 Å². The van der Waals surface area contributed by atoms with Crippen LogP contribution in [0, 0.1) is 5.82 Å². The largest absolute Gasteiger partial charge is 0.488 e. The van der Waals surface area contributed by atoms with Crippen molar-refractivity contribution in [3.63, 3.8) is 0 Å². The monoisotopic (exact) mass is 542 g/mol. The van der Waals surface area contributed by atoms with Gasteiger partial charge in [0, 0.05) is 42.7 Å². The molecule has 2 amide bonds. The molecule has 0 bridgehead atoms. The summed E-state index contributed by atoms with van der Waals surface area (Å²) in [6.45, 7) is 8.56. The van der Waals surface area contributed by atoms with E-state index in [-0.39, 0.29) is 31.6 Å². The normalized spacial score (nSPS) is 17.8. The number of hydrogen-bond acceptors (Lipinski definition) is 7. The quantitative estimate of drug-likeness (QED) is 0.459. The van der Waals surface area contributed by atoms with Crippen molar-refractivity contribution >= 4 is 17.8 Å². The number of carbonyl (C=O) groups is 3. The van der Waals surface area contributed by atoms with E-state index in [2.05, 4.69) is 4.90 Å². The molecular formula is C29H36FN3O6. The predicted octanol–water partition coefficient (Wildman–Crippen LogP) is 3.17. The number of ether oxygens (including phenoxy) is 3. The minimum atomic E-state index is -2.18. The van der Waals surface area contributed by atoms with Crippen molar-refractivity contribution in [2.24, 2.45) is 5.73 Å². The van der Waals surface area contributed by atoms with Crippen molar-refractivity contribution in [1.29, 1.82) is 0 Å². The first-order chi connectivity index (χ1) is 18.9. The molecule has 0 saturated carbocycles. The topological polar surface area (TPSA) is 111 Å². The molecule has 2 aromatic rings. The Morgan fingerprint density at radius 1 is 1.21 bits per heavy atom. The number of rotatable bonds is 10. The molecule has 2 aliphatic heterocycles. The molecule has 0 aliphatic carbocycles. The molecule has 10 heteroatoms. The Labute approximate surface area is 229 Å². The van der Waals surface area contributed by atoms with E-state index in [4.69, 9.17) is 21.3 Å². The molecule has 1 atom stereocenters. The lowest BCUT2D eigenvalue weighted by molar-refractivity contribution is -0.155.